The number of carbonyl (C=O) groups is 1. The summed E-state index contributed by atoms with van der Waals surface area (Å²) in [6, 6.07) is 8.16. The fourth-order valence-electron chi connectivity index (χ4n) is 3.04. The summed E-state index contributed by atoms with van der Waals surface area (Å²) in [4.78, 5) is 24.6. The second-order valence-electron chi connectivity index (χ2n) is 7.03. The molecule has 0 radical (unpaired) electrons. The first-order chi connectivity index (χ1) is 13.5. The minimum absolute atomic E-state index is 0.0416. The number of nitrogens with zero attached hydrogens (tertiary/aromatic N) is 5. The summed E-state index contributed by atoms with van der Waals surface area (Å²) in [7, 11) is 4.02. The molecule has 1 amide bonds. The number of H-pyrrole nitrogens is 1. The molecule has 1 N–H and O–H groups in total. The molecule has 1 aliphatic rings. The quantitative estimate of drug-likeness (QED) is 0.594. The first-order valence-electron chi connectivity index (χ1n) is 9.54. The molecule has 2 aromatic rings. The molecule has 8 heteroatoms. The lowest BCUT2D eigenvalue weighted by Crippen LogP contribution is -2.48. The van der Waals surface area contributed by atoms with E-state index in [1.165, 1.54) is 11.8 Å². The monoisotopic (exact) mass is 400 g/mol. The second kappa shape index (κ2) is 9.25. The average molecular weight is 401 g/mol. The normalized spacial score (nSPS) is 15.7. The molecular formula is C20H28N6OS. The number of aromatic amines is 1. The Kier molecular flexibility index (Phi) is 6.74. The first kappa shape index (κ1) is 20.4. The van der Waals surface area contributed by atoms with Crippen molar-refractivity contribution in [2.45, 2.75) is 19.0 Å². The molecule has 2 heterocycles. The van der Waals surface area contributed by atoms with Gasteiger partial charge in [0.2, 0.25) is 5.16 Å². The van der Waals surface area contributed by atoms with Crippen molar-refractivity contribution in [3.05, 3.63) is 40.6 Å². The van der Waals surface area contributed by atoms with Gasteiger partial charge in [0.05, 0.1) is 4.91 Å². The molecule has 150 valence electrons. The summed E-state index contributed by atoms with van der Waals surface area (Å²) >= 11 is 1.32. The Morgan fingerprint density at radius 2 is 1.89 bits per heavy atom. The molecule has 28 heavy (non-hydrogen) atoms. The molecular weight excluding hydrogens is 372 g/mol. The SMILES string of the molecule is CCN1CCN(C(=O)/C(=C\c2ccc(N(C)C)cc2)Sc2n[nH]c(C)n2)CC1. The minimum atomic E-state index is 0.0416. The molecule has 0 aliphatic carbocycles. The van der Waals surface area contributed by atoms with E-state index >= 15 is 0 Å². The van der Waals surface area contributed by atoms with Crippen LogP contribution in [0.4, 0.5) is 5.69 Å². The van der Waals surface area contributed by atoms with Crippen LogP contribution in [-0.2, 0) is 4.79 Å². The van der Waals surface area contributed by atoms with Crippen LogP contribution in [0.1, 0.15) is 18.3 Å². The van der Waals surface area contributed by atoms with Gasteiger partial charge in [0, 0.05) is 46.0 Å². The minimum Gasteiger partial charge on any atom is -0.378 e. The van der Waals surface area contributed by atoms with Crippen LogP contribution < -0.4 is 4.90 Å². The Labute approximate surface area is 170 Å². The fraction of sp³-hybridized carbons (Fsp3) is 0.450. The lowest BCUT2D eigenvalue weighted by Gasteiger charge is -2.34. The molecule has 7 nitrogen and oxygen atoms in total. The molecule has 1 fully saturated rings. The highest BCUT2D eigenvalue weighted by molar-refractivity contribution is 8.04. The van der Waals surface area contributed by atoms with Crippen LogP contribution >= 0.6 is 11.8 Å². The third-order valence-electron chi connectivity index (χ3n) is 4.80. The molecule has 3 rings (SSSR count). The molecule has 0 atom stereocenters. The highest BCUT2D eigenvalue weighted by Gasteiger charge is 2.24. The average Bonchev–Trinajstić information content (AvgIpc) is 3.12. The Hall–Kier alpha value is -2.32. The first-order valence-corrected chi connectivity index (χ1v) is 10.4. The van der Waals surface area contributed by atoms with Crippen LogP contribution in [0.3, 0.4) is 0 Å². The van der Waals surface area contributed by atoms with Crippen molar-refractivity contribution in [3.63, 3.8) is 0 Å². The zero-order valence-electron chi connectivity index (χ0n) is 17.0. The number of nitrogens with one attached hydrogen (secondary N) is 1. The highest BCUT2D eigenvalue weighted by atomic mass is 32.2. The lowest BCUT2D eigenvalue weighted by atomic mass is 10.2. The molecule has 1 aliphatic heterocycles. The van der Waals surface area contributed by atoms with Gasteiger partial charge >= 0.3 is 0 Å². The Morgan fingerprint density at radius 1 is 1.21 bits per heavy atom. The number of amides is 1. The molecule has 1 aromatic heterocycles. The van der Waals surface area contributed by atoms with Crippen LogP contribution in [0.25, 0.3) is 6.08 Å². The van der Waals surface area contributed by atoms with E-state index in [0.717, 1.165) is 49.8 Å². The number of likely N-dealkylation sites (N-methyl/N-ethyl adjacent to an activating group) is 1. The number of hydrogen-bond acceptors (Lipinski definition) is 6. The van der Waals surface area contributed by atoms with Crippen LogP contribution in [-0.4, -0.2) is 77.7 Å². The summed E-state index contributed by atoms with van der Waals surface area (Å²) in [6.07, 6.45) is 1.93. The Balaban J connectivity index is 1.82. The lowest BCUT2D eigenvalue weighted by molar-refractivity contribution is -0.127. The van der Waals surface area contributed by atoms with Crippen LogP contribution in [0.2, 0.25) is 0 Å². The standard InChI is InChI=1S/C20H28N6OS/c1-5-25-10-12-26(13-11-25)19(27)18(28-20-21-15(2)22-23-20)14-16-6-8-17(9-7-16)24(3)4/h6-9,14H,5,10-13H2,1-4H3,(H,21,22,23)/b18-14+. The zero-order chi connectivity index (χ0) is 20.1. The van der Waals surface area contributed by atoms with Gasteiger partial charge in [-0.25, -0.2) is 4.98 Å². The van der Waals surface area contributed by atoms with Gasteiger partial charge < -0.3 is 14.7 Å². The molecule has 0 unspecified atom stereocenters. The van der Waals surface area contributed by atoms with E-state index in [9.17, 15) is 4.79 Å². The number of thioether (sulfide) groups is 1. The van der Waals surface area contributed by atoms with Crippen LogP contribution in [0, 0.1) is 6.92 Å². The van der Waals surface area contributed by atoms with Crippen molar-refractivity contribution in [3.8, 4) is 0 Å². The summed E-state index contributed by atoms with van der Waals surface area (Å²) in [5.41, 5.74) is 2.11. The predicted octanol–water partition coefficient (Wildman–Crippen LogP) is 2.48. The summed E-state index contributed by atoms with van der Waals surface area (Å²) in [5, 5.41) is 7.60. The number of carbonyl (C=O) groups excluding carboxylic acids is 1. The van der Waals surface area contributed by atoms with Gasteiger partial charge in [-0.2, -0.15) is 0 Å². The molecule has 1 aromatic carbocycles. The maximum atomic E-state index is 13.2. The van der Waals surface area contributed by atoms with Crippen LogP contribution in [0.5, 0.6) is 0 Å². The molecule has 1 saturated heterocycles. The summed E-state index contributed by atoms with van der Waals surface area (Å²) in [6.45, 7) is 8.35. The number of piperazine rings is 1. The van der Waals surface area contributed by atoms with E-state index < -0.39 is 0 Å². The number of hydrogen-bond donors (Lipinski definition) is 1. The zero-order valence-corrected chi connectivity index (χ0v) is 17.8. The third-order valence-corrected chi connectivity index (χ3v) is 5.68. The maximum absolute atomic E-state index is 13.2. The number of anilines is 1. The van der Waals surface area contributed by atoms with E-state index in [1.54, 1.807) is 0 Å². The third kappa shape index (κ3) is 5.14. The van der Waals surface area contributed by atoms with Gasteiger partial charge in [-0.3, -0.25) is 9.89 Å². The summed E-state index contributed by atoms with van der Waals surface area (Å²) < 4.78 is 0. The van der Waals surface area contributed by atoms with Crippen molar-refractivity contribution in [2.24, 2.45) is 0 Å². The van der Waals surface area contributed by atoms with E-state index in [-0.39, 0.29) is 5.91 Å². The van der Waals surface area contributed by atoms with Gasteiger partial charge in [-0.15, -0.1) is 5.10 Å². The maximum Gasteiger partial charge on any atom is 0.260 e. The van der Waals surface area contributed by atoms with Gasteiger partial charge in [0.15, 0.2) is 0 Å². The van der Waals surface area contributed by atoms with Crippen molar-refractivity contribution < 1.29 is 4.79 Å². The van der Waals surface area contributed by atoms with Gasteiger partial charge in [-0.1, -0.05) is 19.1 Å². The second-order valence-corrected chi connectivity index (χ2v) is 8.04. The van der Waals surface area contributed by atoms with Gasteiger partial charge in [-0.05, 0) is 49.0 Å². The van der Waals surface area contributed by atoms with E-state index in [2.05, 4.69) is 44.0 Å². The number of benzene rings is 1. The van der Waals surface area contributed by atoms with Gasteiger partial charge in [0.1, 0.15) is 5.82 Å². The number of aromatic nitrogens is 3. The number of rotatable bonds is 6. The van der Waals surface area contributed by atoms with E-state index in [1.807, 2.05) is 44.1 Å². The Bertz CT molecular complexity index is 821. The van der Waals surface area contributed by atoms with Crippen molar-refractivity contribution >= 4 is 29.4 Å². The van der Waals surface area contributed by atoms with E-state index in [0.29, 0.717) is 10.1 Å². The van der Waals surface area contributed by atoms with Crippen molar-refractivity contribution in [1.29, 1.82) is 0 Å². The molecule has 0 bridgehead atoms. The largest absolute Gasteiger partial charge is 0.378 e. The fourth-order valence-corrected chi connectivity index (χ4v) is 3.93. The smallest absolute Gasteiger partial charge is 0.260 e. The van der Waals surface area contributed by atoms with Crippen molar-refractivity contribution in [1.82, 2.24) is 25.0 Å². The van der Waals surface area contributed by atoms with E-state index in [4.69, 9.17) is 0 Å². The predicted molar refractivity (Wildman–Crippen MR) is 114 cm³/mol. The van der Waals surface area contributed by atoms with Crippen molar-refractivity contribution in [2.75, 3.05) is 51.7 Å². The highest BCUT2D eigenvalue weighted by Crippen LogP contribution is 2.28. The molecule has 0 saturated carbocycles. The van der Waals surface area contributed by atoms with Crippen LogP contribution in [0.15, 0.2) is 34.3 Å². The molecule has 0 spiro atoms. The summed E-state index contributed by atoms with van der Waals surface area (Å²) in [5.74, 6) is 0.779. The van der Waals surface area contributed by atoms with Gasteiger partial charge in [0.25, 0.3) is 5.91 Å². The number of aryl methyl sites for hydroxylation is 1. The topological polar surface area (TPSA) is 68.4 Å². The Morgan fingerprint density at radius 3 is 2.43 bits per heavy atom.